The third-order valence-electron chi connectivity index (χ3n) is 2.79. The Labute approximate surface area is 133 Å². The van der Waals surface area contributed by atoms with Gasteiger partial charge in [0.15, 0.2) is 0 Å². The fourth-order valence-electron chi connectivity index (χ4n) is 1.67. The molecule has 0 unspecified atom stereocenters. The molecule has 8 heteroatoms. The maximum atomic E-state index is 13.2. The zero-order valence-corrected chi connectivity index (χ0v) is 12.9. The number of nitrogens with two attached hydrogens (primary N) is 2. The van der Waals surface area contributed by atoms with E-state index in [9.17, 15) is 14.5 Å². The Morgan fingerprint density at radius 3 is 2.35 bits per heavy atom. The van der Waals surface area contributed by atoms with E-state index in [-0.39, 0.29) is 11.5 Å². The first-order valence-electron chi connectivity index (χ1n) is 6.75. The zero-order chi connectivity index (χ0) is 17.4. The molecule has 0 saturated heterocycles. The van der Waals surface area contributed by atoms with Crippen molar-refractivity contribution >= 4 is 22.7 Å². The van der Waals surface area contributed by atoms with Crippen molar-refractivity contribution < 1.29 is 14.1 Å². The number of halogens is 1. The number of hydrogen-bond acceptors (Lipinski definition) is 6. The molecule has 0 saturated carbocycles. The van der Waals surface area contributed by atoms with Crippen molar-refractivity contribution in [3.63, 3.8) is 0 Å². The van der Waals surface area contributed by atoms with Crippen molar-refractivity contribution in [2.45, 2.75) is 6.92 Å². The molecule has 2 aromatic carbocycles. The molecule has 0 aliphatic heterocycles. The van der Waals surface area contributed by atoms with Gasteiger partial charge in [0, 0.05) is 36.5 Å². The van der Waals surface area contributed by atoms with Gasteiger partial charge in [-0.2, -0.15) is 0 Å². The van der Waals surface area contributed by atoms with Gasteiger partial charge in [0.25, 0.3) is 5.69 Å². The average Bonchev–Trinajstić information content (AvgIpc) is 2.51. The first-order chi connectivity index (χ1) is 10.9. The molecule has 0 amide bonds. The molecule has 0 fully saturated rings. The van der Waals surface area contributed by atoms with E-state index in [1.807, 2.05) is 6.92 Å². The molecule has 2 aromatic rings. The van der Waals surface area contributed by atoms with E-state index in [1.165, 1.54) is 37.4 Å². The summed E-state index contributed by atoms with van der Waals surface area (Å²) in [6.07, 6.45) is 0. The first kappa shape index (κ1) is 18.0. The van der Waals surface area contributed by atoms with E-state index in [4.69, 9.17) is 16.2 Å². The molecule has 2 rings (SSSR count). The van der Waals surface area contributed by atoms with Crippen LogP contribution in [-0.2, 0) is 0 Å². The number of nitro groups is 1. The number of nitrogens with zero attached hydrogens (tertiary/aromatic N) is 1. The molecule has 0 radical (unpaired) electrons. The summed E-state index contributed by atoms with van der Waals surface area (Å²) < 4.78 is 18.1. The van der Waals surface area contributed by atoms with Crippen molar-refractivity contribution in [2.24, 2.45) is 0 Å². The monoisotopic (exact) mass is 322 g/mol. The van der Waals surface area contributed by atoms with E-state index in [2.05, 4.69) is 5.32 Å². The molecule has 0 atom stereocenters. The van der Waals surface area contributed by atoms with Crippen molar-refractivity contribution in [3.05, 3.63) is 52.3 Å². The summed E-state index contributed by atoms with van der Waals surface area (Å²) in [5.74, 6) is 0.123. The molecule has 124 valence electrons. The molecule has 23 heavy (non-hydrogen) atoms. The van der Waals surface area contributed by atoms with Gasteiger partial charge >= 0.3 is 0 Å². The second-order valence-corrected chi connectivity index (χ2v) is 4.45. The number of nitrogen functional groups attached to an aromatic ring is 2. The van der Waals surface area contributed by atoms with Gasteiger partial charge in [-0.15, -0.1) is 0 Å². The van der Waals surface area contributed by atoms with Crippen molar-refractivity contribution in [1.82, 2.24) is 0 Å². The number of nitrogens with one attached hydrogen (secondary N) is 1. The summed E-state index contributed by atoms with van der Waals surface area (Å²) in [6, 6.07) is 8.53. The lowest BCUT2D eigenvalue weighted by Gasteiger charge is -2.09. The molecule has 0 spiro atoms. The maximum Gasteiger partial charge on any atom is 0.269 e. The lowest BCUT2D eigenvalue weighted by atomic mass is 10.2. The van der Waals surface area contributed by atoms with Gasteiger partial charge in [-0.25, -0.2) is 4.39 Å². The molecular weight excluding hydrogens is 303 g/mol. The van der Waals surface area contributed by atoms with Crippen LogP contribution in [0.2, 0.25) is 0 Å². The van der Waals surface area contributed by atoms with Crippen LogP contribution in [0.3, 0.4) is 0 Å². The molecule has 0 heterocycles. The maximum absolute atomic E-state index is 13.2. The number of benzene rings is 2. The van der Waals surface area contributed by atoms with Crippen molar-refractivity contribution in [3.8, 4) is 5.75 Å². The van der Waals surface area contributed by atoms with Gasteiger partial charge in [0.1, 0.15) is 11.6 Å². The Morgan fingerprint density at radius 1 is 1.26 bits per heavy atom. The van der Waals surface area contributed by atoms with Gasteiger partial charge in [-0.3, -0.25) is 10.1 Å². The lowest BCUT2D eigenvalue weighted by molar-refractivity contribution is -0.384. The van der Waals surface area contributed by atoms with Crippen LogP contribution in [0, 0.1) is 15.9 Å². The Kier molecular flexibility index (Phi) is 6.60. The van der Waals surface area contributed by atoms with Crippen LogP contribution in [0.15, 0.2) is 36.4 Å². The van der Waals surface area contributed by atoms with Crippen LogP contribution in [0.1, 0.15) is 6.92 Å². The average molecular weight is 322 g/mol. The standard InChI is InChI=1S/C9H13FN2O.C6H6N2O2/c1-3-12-8-5-9(13-2)7(11)4-6(8)10;7-5-1-3-6(4-2-5)8(9)10/h4-5,12H,3,11H2,1-2H3;1-4H,7H2. The molecular formula is C15H19FN4O3. The Hall–Kier alpha value is -3.03. The molecule has 0 aliphatic rings. The number of methoxy groups -OCH3 is 1. The SMILES string of the molecule is CCNc1cc(OC)c(N)cc1F.Nc1ccc([N+](=O)[O-])cc1. The highest BCUT2D eigenvalue weighted by Gasteiger charge is 2.06. The number of ether oxygens (including phenoxy) is 1. The minimum Gasteiger partial charge on any atom is -0.495 e. The largest absolute Gasteiger partial charge is 0.495 e. The second-order valence-electron chi connectivity index (χ2n) is 4.45. The van der Waals surface area contributed by atoms with Crippen LogP contribution in [-0.4, -0.2) is 18.6 Å². The summed E-state index contributed by atoms with van der Waals surface area (Å²) in [5.41, 5.74) is 12.1. The van der Waals surface area contributed by atoms with Crippen LogP contribution in [0.4, 0.5) is 27.1 Å². The minimum absolute atomic E-state index is 0.0641. The third kappa shape index (κ3) is 5.34. The second kappa shape index (κ2) is 8.42. The fraction of sp³-hybridized carbons (Fsp3) is 0.200. The van der Waals surface area contributed by atoms with E-state index in [0.29, 0.717) is 29.4 Å². The van der Waals surface area contributed by atoms with Gasteiger partial charge in [-0.05, 0) is 19.1 Å². The van der Waals surface area contributed by atoms with Crippen LogP contribution in [0.5, 0.6) is 5.75 Å². The first-order valence-corrected chi connectivity index (χ1v) is 6.75. The normalized spacial score (nSPS) is 9.52. The summed E-state index contributed by atoms with van der Waals surface area (Å²) in [5, 5.41) is 12.9. The van der Waals surface area contributed by atoms with Gasteiger partial charge in [0.05, 0.1) is 23.4 Å². The van der Waals surface area contributed by atoms with E-state index >= 15 is 0 Å². The molecule has 7 nitrogen and oxygen atoms in total. The molecule has 0 aliphatic carbocycles. The van der Waals surface area contributed by atoms with Crippen LogP contribution >= 0.6 is 0 Å². The Bertz CT molecular complexity index is 663. The van der Waals surface area contributed by atoms with Gasteiger partial charge in [0.2, 0.25) is 0 Å². The minimum atomic E-state index is -0.459. The number of non-ortho nitro benzene ring substituents is 1. The fourth-order valence-corrected chi connectivity index (χ4v) is 1.67. The third-order valence-corrected chi connectivity index (χ3v) is 2.79. The highest BCUT2D eigenvalue weighted by molar-refractivity contribution is 5.62. The van der Waals surface area contributed by atoms with E-state index in [1.54, 1.807) is 6.07 Å². The quantitative estimate of drug-likeness (QED) is 0.452. The number of hydrogen-bond donors (Lipinski definition) is 3. The van der Waals surface area contributed by atoms with Crippen molar-refractivity contribution in [1.29, 1.82) is 0 Å². The van der Waals surface area contributed by atoms with E-state index in [0.717, 1.165) is 0 Å². The predicted molar refractivity (Wildman–Crippen MR) is 89.0 cm³/mol. The summed E-state index contributed by atoms with van der Waals surface area (Å²) in [6.45, 7) is 2.55. The molecule has 0 bridgehead atoms. The smallest absolute Gasteiger partial charge is 0.269 e. The van der Waals surface area contributed by atoms with Gasteiger partial charge < -0.3 is 21.5 Å². The highest BCUT2D eigenvalue weighted by Crippen LogP contribution is 2.27. The number of anilines is 3. The molecule has 5 N–H and O–H groups in total. The molecule has 0 aromatic heterocycles. The number of nitro benzene ring substituents is 1. The van der Waals surface area contributed by atoms with Crippen molar-refractivity contribution in [2.75, 3.05) is 30.4 Å². The van der Waals surface area contributed by atoms with E-state index < -0.39 is 4.92 Å². The summed E-state index contributed by atoms with van der Waals surface area (Å²) in [4.78, 5) is 9.62. The van der Waals surface area contributed by atoms with Crippen LogP contribution < -0.4 is 21.5 Å². The Balaban J connectivity index is 0.000000238. The number of rotatable bonds is 4. The topological polar surface area (TPSA) is 116 Å². The summed E-state index contributed by atoms with van der Waals surface area (Å²) >= 11 is 0. The predicted octanol–water partition coefficient (Wildman–Crippen LogP) is 3.03. The zero-order valence-electron chi connectivity index (χ0n) is 12.9. The Morgan fingerprint density at radius 2 is 1.87 bits per heavy atom. The summed E-state index contributed by atoms with van der Waals surface area (Å²) in [7, 11) is 1.50. The van der Waals surface area contributed by atoms with Gasteiger partial charge in [-0.1, -0.05) is 0 Å². The lowest BCUT2D eigenvalue weighted by Crippen LogP contribution is -2.01. The highest BCUT2D eigenvalue weighted by atomic mass is 19.1. The van der Waals surface area contributed by atoms with Crippen LogP contribution in [0.25, 0.3) is 0 Å².